The predicted molar refractivity (Wildman–Crippen MR) is 105 cm³/mol. The normalized spacial score (nSPS) is 10.7. The van der Waals surface area contributed by atoms with Gasteiger partial charge in [0.05, 0.1) is 18.2 Å². The van der Waals surface area contributed by atoms with Gasteiger partial charge < -0.3 is 9.72 Å². The third kappa shape index (κ3) is 3.70. The third-order valence-corrected chi connectivity index (χ3v) is 4.77. The van der Waals surface area contributed by atoms with E-state index in [2.05, 4.69) is 29.2 Å². The Kier molecular flexibility index (Phi) is 5.26. The number of ether oxygens (including phenoxy) is 1. The van der Waals surface area contributed by atoms with Crippen molar-refractivity contribution in [1.29, 1.82) is 0 Å². The second kappa shape index (κ2) is 7.62. The molecule has 1 aromatic heterocycles. The van der Waals surface area contributed by atoms with Gasteiger partial charge in [-0.15, -0.1) is 0 Å². The Morgan fingerprint density at radius 2 is 1.52 bits per heavy atom. The average Bonchev–Trinajstić information content (AvgIpc) is 2.96. The minimum Gasteiger partial charge on any atom is -0.465 e. The zero-order valence-corrected chi connectivity index (χ0v) is 16.1. The number of carbonyl (C=O) groups excluding carboxylic acids is 2. The first kappa shape index (κ1) is 18.6. The van der Waals surface area contributed by atoms with Crippen molar-refractivity contribution < 1.29 is 14.3 Å². The molecule has 0 saturated carbocycles. The molecule has 0 saturated heterocycles. The van der Waals surface area contributed by atoms with Crippen molar-refractivity contribution in [3.63, 3.8) is 0 Å². The van der Waals surface area contributed by atoms with Gasteiger partial charge in [-0.05, 0) is 38.3 Å². The molecule has 0 aliphatic heterocycles. The summed E-state index contributed by atoms with van der Waals surface area (Å²) < 4.78 is 4.88. The quantitative estimate of drug-likeness (QED) is 0.536. The number of hydrogen-bond acceptors (Lipinski definition) is 3. The van der Waals surface area contributed by atoms with Crippen LogP contribution in [0.2, 0.25) is 0 Å². The van der Waals surface area contributed by atoms with Crippen molar-refractivity contribution in [1.82, 2.24) is 4.98 Å². The number of methoxy groups -OCH3 is 1. The fourth-order valence-electron chi connectivity index (χ4n) is 3.38. The number of rotatable bonds is 5. The van der Waals surface area contributed by atoms with E-state index in [0.717, 1.165) is 11.1 Å². The van der Waals surface area contributed by atoms with E-state index in [4.69, 9.17) is 4.74 Å². The van der Waals surface area contributed by atoms with Crippen molar-refractivity contribution in [3.05, 3.63) is 93.3 Å². The highest BCUT2D eigenvalue weighted by atomic mass is 16.5. The summed E-state index contributed by atoms with van der Waals surface area (Å²) in [5.74, 6) is -0.670. The van der Waals surface area contributed by atoms with E-state index in [-0.39, 0.29) is 5.78 Å². The summed E-state index contributed by atoms with van der Waals surface area (Å²) in [6, 6.07) is 15.8. The van der Waals surface area contributed by atoms with Gasteiger partial charge in [0, 0.05) is 17.0 Å². The fourth-order valence-corrected chi connectivity index (χ4v) is 3.38. The summed E-state index contributed by atoms with van der Waals surface area (Å²) >= 11 is 0. The van der Waals surface area contributed by atoms with Crippen LogP contribution in [0.3, 0.4) is 0 Å². The van der Waals surface area contributed by atoms with Crippen LogP contribution in [0, 0.1) is 20.8 Å². The van der Waals surface area contributed by atoms with Gasteiger partial charge in [0.15, 0.2) is 5.78 Å². The molecule has 2 aromatic carbocycles. The van der Waals surface area contributed by atoms with Gasteiger partial charge in [-0.1, -0.05) is 54.1 Å². The molecule has 0 fully saturated rings. The average molecular weight is 361 g/mol. The van der Waals surface area contributed by atoms with E-state index in [0.29, 0.717) is 34.5 Å². The standard InChI is InChI=1S/C23H23NO3/c1-14-9-11-17(12-10-14)13-18-7-5-6-8-19(18)22(25)20-15(2)24-16(3)21(20)23(26)27-4/h5-12,24H,13H2,1-4H3. The van der Waals surface area contributed by atoms with Gasteiger partial charge in [0.2, 0.25) is 0 Å². The second-order valence-corrected chi connectivity index (χ2v) is 6.77. The van der Waals surface area contributed by atoms with E-state index in [1.807, 2.05) is 31.2 Å². The van der Waals surface area contributed by atoms with Gasteiger partial charge >= 0.3 is 5.97 Å². The molecular formula is C23H23NO3. The van der Waals surface area contributed by atoms with E-state index in [1.54, 1.807) is 13.8 Å². The first-order valence-corrected chi connectivity index (χ1v) is 8.88. The number of aryl methyl sites for hydroxylation is 3. The van der Waals surface area contributed by atoms with Gasteiger partial charge in [-0.25, -0.2) is 4.79 Å². The Balaban J connectivity index is 2.04. The number of nitrogens with one attached hydrogen (secondary N) is 1. The zero-order valence-electron chi connectivity index (χ0n) is 16.1. The number of aromatic amines is 1. The van der Waals surface area contributed by atoms with Crippen molar-refractivity contribution >= 4 is 11.8 Å². The van der Waals surface area contributed by atoms with Gasteiger partial charge in [-0.2, -0.15) is 0 Å². The molecule has 138 valence electrons. The molecule has 4 heteroatoms. The lowest BCUT2D eigenvalue weighted by atomic mass is 9.92. The largest absolute Gasteiger partial charge is 0.465 e. The Morgan fingerprint density at radius 3 is 2.19 bits per heavy atom. The fraction of sp³-hybridized carbons (Fsp3) is 0.217. The van der Waals surface area contributed by atoms with Crippen LogP contribution in [0.15, 0.2) is 48.5 Å². The predicted octanol–water partition coefficient (Wildman–Crippen LogP) is 4.55. The molecule has 3 rings (SSSR count). The van der Waals surface area contributed by atoms with E-state index in [1.165, 1.54) is 12.7 Å². The lowest BCUT2D eigenvalue weighted by Crippen LogP contribution is -2.13. The zero-order chi connectivity index (χ0) is 19.6. The molecule has 0 aliphatic carbocycles. The molecule has 1 N–H and O–H groups in total. The number of benzene rings is 2. The lowest BCUT2D eigenvalue weighted by molar-refractivity contribution is 0.0597. The topological polar surface area (TPSA) is 59.2 Å². The maximum absolute atomic E-state index is 13.4. The lowest BCUT2D eigenvalue weighted by Gasteiger charge is -2.10. The van der Waals surface area contributed by atoms with Crippen LogP contribution >= 0.6 is 0 Å². The van der Waals surface area contributed by atoms with Crippen LogP contribution in [-0.4, -0.2) is 23.8 Å². The summed E-state index contributed by atoms with van der Waals surface area (Å²) in [6.07, 6.45) is 0.651. The number of H-pyrrole nitrogens is 1. The van der Waals surface area contributed by atoms with Crippen LogP contribution in [0.4, 0.5) is 0 Å². The van der Waals surface area contributed by atoms with Crippen molar-refractivity contribution in [2.45, 2.75) is 27.2 Å². The number of esters is 1. The Bertz CT molecular complexity index is 997. The monoisotopic (exact) mass is 361 g/mol. The first-order chi connectivity index (χ1) is 12.9. The molecule has 4 nitrogen and oxygen atoms in total. The second-order valence-electron chi connectivity index (χ2n) is 6.77. The molecule has 1 heterocycles. The highest BCUT2D eigenvalue weighted by Gasteiger charge is 2.26. The van der Waals surface area contributed by atoms with Crippen molar-refractivity contribution in [3.8, 4) is 0 Å². The summed E-state index contributed by atoms with van der Waals surface area (Å²) in [4.78, 5) is 28.7. The van der Waals surface area contributed by atoms with Crippen LogP contribution < -0.4 is 0 Å². The number of hydrogen-bond donors (Lipinski definition) is 1. The van der Waals surface area contributed by atoms with Crippen molar-refractivity contribution in [2.24, 2.45) is 0 Å². The molecule has 0 unspecified atom stereocenters. The molecule has 3 aromatic rings. The van der Waals surface area contributed by atoms with Gasteiger partial charge in [0.1, 0.15) is 0 Å². The summed E-state index contributed by atoms with van der Waals surface area (Å²) in [6.45, 7) is 5.62. The molecular weight excluding hydrogens is 338 g/mol. The first-order valence-electron chi connectivity index (χ1n) is 8.88. The molecule has 0 aliphatic rings. The number of ketones is 1. The van der Waals surface area contributed by atoms with Crippen LogP contribution in [0.1, 0.15) is 54.4 Å². The number of aromatic nitrogens is 1. The number of carbonyl (C=O) groups is 2. The maximum atomic E-state index is 13.4. The smallest absolute Gasteiger partial charge is 0.340 e. The molecule has 0 bridgehead atoms. The Labute approximate surface area is 159 Å². The van der Waals surface area contributed by atoms with Crippen LogP contribution in [-0.2, 0) is 11.2 Å². The Hall–Kier alpha value is -3.14. The molecule has 27 heavy (non-hydrogen) atoms. The Morgan fingerprint density at radius 1 is 0.889 bits per heavy atom. The molecule has 0 amide bonds. The summed E-state index contributed by atoms with van der Waals surface area (Å²) in [5, 5.41) is 0. The van der Waals surface area contributed by atoms with E-state index < -0.39 is 5.97 Å². The molecule has 0 atom stereocenters. The van der Waals surface area contributed by atoms with Crippen LogP contribution in [0.25, 0.3) is 0 Å². The summed E-state index contributed by atoms with van der Waals surface area (Å²) in [5.41, 5.74) is 5.87. The van der Waals surface area contributed by atoms with E-state index in [9.17, 15) is 9.59 Å². The minimum atomic E-state index is -0.504. The third-order valence-electron chi connectivity index (χ3n) is 4.77. The van der Waals surface area contributed by atoms with Gasteiger partial charge in [0.25, 0.3) is 0 Å². The molecule has 0 radical (unpaired) electrons. The molecule has 0 spiro atoms. The van der Waals surface area contributed by atoms with Gasteiger partial charge in [-0.3, -0.25) is 4.79 Å². The summed E-state index contributed by atoms with van der Waals surface area (Å²) in [7, 11) is 1.32. The van der Waals surface area contributed by atoms with Crippen LogP contribution in [0.5, 0.6) is 0 Å². The SMILES string of the molecule is COC(=O)c1c(C)[nH]c(C)c1C(=O)c1ccccc1Cc1ccc(C)cc1. The maximum Gasteiger partial charge on any atom is 0.340 e. The highest BCUT2D eigenvalue weighted by molar-refractivity contribution is 6.16. The van der Waals surface area contributed by atoms with Crippen molar-refractivity contribution in [2.75, 3.05) is 7.11 Å². The van der Waals surface area contributed by atoms with E-state index >= 15 is 0 Å². The highest BCUT2D eigenvalue weighted by Crippen LogP contribution is 2.25. The minimum absolute atomic E-state index is 0.167.